The van der Waals surface area contributed by atoms with Crippen LogP contribution in [0.15, 0.2) is 12.4 Å². The average Bonchev–Trinajstić information content (AvgIpc) is 2.29. The molecule has 0 N–H and O–H groups in total. The fourth-order valence-corrected chi connectivity index (χ4v) is 1.21. The Morgan fingerprint density at radius 3 is 2.41 bits per heavy atom. The van der Waals surface area contributed by atoms with E-state index < -0.39 is 17.9 Å². The van der Waals surface area contributed by atoms with E-state index in [1.807, 2.05) is 6.07 Å². The van der Waals surface area contributed by atoms with Crippen molar-refractivity contribution in [1.82, 2.24) is 9.97 Å². The van der Waals surface area contributed by atoms with E-state index in [2.05, 4.69) is 9.97 Å². The molecule has 1 unspecified atom stereocenters. The highest BCUT2D eigenvalue weighted by molar-refractivity contribution is 5.19. The fourth-order valence-electron chi connectivity index (χ4n) is 1.21. The van der Waals surface area contributed by atoms with E-state index in [1.54, 1.807) is 0 Å². The van der Waals surface area contributed by atoms with Gasteiger partial charge in [0.25, 0.3) is 0 Å². The maximum absolute atomic E-state index is 12.2. The summed E-state index contributed by atoms with van der Waals surface area (Å²) in [6.45, 7) is 0.346. The highest BCUT2D eigenvalue weighted by atomic mass is 19.4. The van der Waals surface area contributed by atoms with Crippen molar-refractivity contribution in [1.29, 1.82) is 5.26 Å². The number of rotatable bonds is 4. The van der Waals surface area contributed by atoms with Gasteiger partial charge in [-0.3, -0.25) is 0 Å². The molecule has 1 heterocycles. The standard InChI is InChI=1S/C10H10F3N3O/c1-17-3-2-7(4-14)8-5-15-9(16-6-8)10(11,12)13/h5-7H,2-3H2,1H3. The molecule has 0 aromatic carbocycles. The Balaban J connectivity index is 2.83. The molecule has 17 heavy (non-hydrogen) atoms. The van der Waals surface area contributed by atoms with Gasteiger partial charge in [-0.05, 0) is 6.42 Å². The SMILES string of the molecule is COCCC(C#N)c1cnc(C(F)(F)F)nc1. The van der Waals surface area contributed by atoms with Crippen molar-refractivity contribution in [3.05, 3.63) is 23.8 Å². The van der Waals surface area contributed by atoms with Crippen molar-refractivity contribution in [3.63, 3.8) is 0 Å². The van der Waals surface area contributed by atoms with Crippen molar-refractivity contribution in [2.75, 3.05) is 13.7 Å². The first kappa shape index (κ1) is 13.4. The van der Waals surface area contributed by atoms with Gasteiger partial charge < -0.3 is 4.74 Å². The number of alkyl halides is 3. The first-order chi connectivity index (χ1) is 7.99. The van der Waals surface area contributed by atoms with Crippen LogP contribution in [0.3, 0.4) is 0 Å². The average molecular weight is 245 g/mol. The third-order valence-corrected chi connectivity index (χ3v) is 2.09. The van der Waals surface area contributed by atoms with Gasteiger partial charge in [-0.1, -0.05) is 0 Å². The maximum atomic E-state index is 12.2. The van der Waals surface area contributed by atoms with E-state index in [0.717, 1.165) is 12.4 Å². The molecule has 1 aromatic heterocycles. The summed E-state index contributed by atoms with van der Waals surface area (Å²) in [7, 11) is 1.48. The Bertz CT molecular complexity index is 397. The van der Waals surface area contributed by atoms with Gasteiger partial charge in [0.2, 0.25) is 5.82 Å². The van der Waals surface area contributed by atoms with Crippen LogP contribution in [0.2, 0.25) is 0 Å². The zero-order valence-electron chi connectivity index (χ0n) is 9.03. The van der Waals surface area contributed by atoms with E-state index in [9.17, 15) is 13.2 Å². The number of halogens is 3. The van der Waals surface area contributed by atoms with Gasteiger partial charge in [-0.2, -0.15) is 18.4 Å². The zero-order chi connectivity index (χ0) is 12.9. The fraction of sp³-hybridized carbons (Fsp3) is 0.500. The van der Waals surface area contributed by atoms with Crippen molar-refractivity contribution < 1.29 is 17.9 Å². The van der Waals surface area contributed by atoms with E-state index >= 15 is 0 Å². The highest BCUT2D eigenvalue weighted by Crippen LogP contribution is 2.26. The Kier molecular flexibility index (Phi) is 4.40. The topological polar surface area (TPSA) is 58.8 Å². The molecule has 0 amide bonds. The number of aromatic nitrogens is 2. The minimum absolute atomic E-state index is 0.346. The number of methoxy groups -OCH3 is 1. The predicted molar refractivity (Wildman–Crippen MR) is 51.9 cm³/mol. The summed E-state index contributed by atoms with van der Waals surface area (Å²) >= 11 is 0. The van der Waals surface area contributed by atoms with Gasteiger partial charge in [-0.25, -0.2) is 9.97 Å². The molecule has 92 valence electrons. The summed E-state index contributed by atoms with van der Waals surface area (Å²) in [6.07, 6.45) is -2.12. The van der Waals surface area contributed by atoms with Gasteiger partial charge in [-0.15, -0.1) is 0 Å². The largest absolute Gasteiger partial charge is 0.451 e. The first-order valence-electron chi connectivity index (χ1n) is 4.76. The number of ether oxygens (including phenoxy) is 1. The zero-order valence-corrected chi connectivity index (χ0v) is 9.03. The molecule has 1 rings (SSSR count). The van der Waals surface area contributed by atoms with Crippen molar-refractivity contribution in [2.24, 2.45) is 0 Å². The molecule has 0 spiro atoms. The van der Waals surface area contributed by atoms with Crippen molar-refractivity contribution in [2.45, 2.75) is 18.5 Å². The highest BCUT2D eigenvalue weighted by Gasteiger charge is 2.34. The second-order valence-electron chi connectivity index (χ2n) is 3.30. The molecule has 0 fully saturated rings. The molecule has 0 aliphatic carbocycles. The second kappa shape index (κ2) is 5.59. The number of hydrogen-bond acceptors (Lipinski definition) is 4. The second-order valence-corrected chi connectivity index (χ2v) is 3.30. The van der Waals surface area contributed by atoms with Crippen LogP contribution in [-0.2, 0) is 10.9 Å². The van der Waals surface area contributed by atoms with Crippen molar-refractivity contribution in [3.8, 4) is 6.07 Å². The third kappa shape index (κ3) is 3.67. The molecule has 7 heteroatoms. The summed E-state index contributed by atoms with van der Waals surface area (Å²) < 4.78 is 41.4. The lowest BCUT2D eigenvalue weighted by Gasteiger charge is -2.09. The van der Waals surface area contributed by atoms with Crippen LogP contribution in [0.5, 0.6) is 0 Å². The molecule has 1 aromatic rings. The Morgan fingerprint density at radius 1 is 1.41 bits per heavy atom. The molecular weight excluding hydrogens is 235 g/mol. The van der Waals surface area contributed by atoms with Crippen LogP contribution in [0.25, 0.3) is 0 Å². The number of hydrogen-bond donors (Lipinski definition) is 0. The number of nitrogens with zero attached hydrogens (tertiary/aromatic N) is 3. The van der Waals surface area contributed by atoms with Gasteiger partial charge in [0.05, 0.1) is 12.0 Å². The molecule has 1 atom stereocenters. The minimum Gasteiger partial charge on any atom is -0.385 e. The van der Waals surface area contributed by atoms with Crippen LogP contribution in [0, 0.1) is 11.3 Å². The van der Waals surface area contributed by atoms with Crippen LogP contribution >= 0.6 is 0 Å². The smallest absolute Gasteiger partial charge is 0.385 e. The van der Waals surface area contributed by atoms with Crippen LogP contribution < -0.4 is 0 Å². The summed E-state index contributed by atoms with van der Waals surface area (Å²) in [6, 6.07) is 1.97. The summed E-state index contributed by atoms with van der Waals surface area (Å²) in [5.41, 5.74) is 0.359. The summed E-state index contributed by atoms with van der Waals surface area (Å²) in [5, 5.41) is 8.85. The Labute approximate surface area is 96.1 Å². The van der Waals surface area contributed by atoms with Crippen LogP contribution in [0.4, 0.5) is 13.2 Å². The normalized spacial score (nSPS) is 13.1. The third-order valence-electron chi connectivity index (χ3n) is 2.09. The maximum Gasteiger partial charge on any atom is 0.451 e. The van der Waals surface area contributed by atoms with Crippen molar-refractivity contribution >= 4 is 0 Å². The molecule has 0 bridgehead atoms. The lowest BCUT2D eigenvalue weighted by Crippen LogP contribution is -2.12. The van der Waals surface area contributed by atoms with E-state index in [4.69, 9.17) is 10.00 Å². The van der Waals surface area contributed by atoms with Gasteiger partial charge in [0.15, 0.2) is 0 Å². The molecule has 4 nitrogen and oxygen atoms in total. The molecule has 0 radical (unpaired) electrons. The van der Waals surface area contributed by atoms with Gasteiger partial charge in [0, 0.05) is 31.7 Å². The predicted octanol–water partition coefficient (Wildman–Crippen LogP) is 2.14. The minimum atomic E-state index is -4.56. The molecule has 0 aliphatic rings. The molecule has 0 saturated carbocycles. The summed E-state index contributed by atoms with van der Waals surface area (Å²) in [5.74, 6) is -1.76. The quantitative estimate of drug-likeness (QED) is 0.815. The lowest BCUT2D eigenvalue weighted by molar-refractivity contribution is -0.145. The van der Waals surface area contributed by atoms with Gasteiger partial charge in [0.1, 0.15) is 0 Å². The molecule has 0 saturated heterocycles. The Hall–Kier alpha value is -1.68. The lowest BCUT2D eigenvalue weighted by atomic mass is 10.0. The van der Waals surface area contributed by atoms with Crippen LogP contribution in [-0.4, -0.2) is 23.7 Å². The van der Waals surface area contributed by atoms with Crippen LogP contribution in [0.1, 0.15) is 23.7 Å². The van der Waals surface area contributed by atoms with E-state index in [0.29, 0.717) is 18.6 Å². The molecular formula is C10H10F3N3O. The van der Waals surface area contributed by atoms with E-state index in [-0.39, 0.29) is 0 Å². The monoisotopic (exact) mass is 245 g/mol. The Morgan fingerprint density at radius 2 is 2.00 bits per heavy atom. The number of nitriles is 1. The molecule has 0 aliphatic heterocycles. The van der Waals surface area contributed by atoms with E-state index in [1.165, 1.54) is 7.11 Å². The first-order valence-corrected chi connectivity index (χ1v) is 4.76. The van der Waals surface area contributed by atoms with Gasteiger partial charge >= 0.3 is 6.18 Å². The summed E-state index contributed by atoms with van der Waals surface area (Å²) in [4.78, 5) is 6.40.